The molecular weight excluding hydrogens is 408 g/mol. The number of likely N-dealkylation sites (N-methyl/N-ethyl adjacent to an activating group) is 1. The second-order valence-electron chi connectivity index (χ2n) is 7.82. The molecule has 2 aliphatic heterocycles. The number of benzene rings is 1. The zero-order valence-corrected chi connectivity index (χ0v) is 18.4. The lowest BCUT2D eigenvalue weighted by atomic mass is 10.1. The molecule has 164 valence electrons. The summed E-state index contributed by atoms with van der Waals surface area (Å²) in [4.78, 5) is 16.8. The van der Waals surface area contributed by atoms with Crippen molar-refractivity contribution in [2.75, 3.05) is 66.5 Å². The Hall–Kier alpha value is -2.14. The van der Waals surface area contributed by atoms with Gasteiger partial charge in [0.2, 0.25) is 0 Å². The number of furan rings is 1. The highest BCUT2D eigenvalue weighted by Gasteiger charge is 2.35. The van der Waals surface area contributed by atoms with Crippen LogP contribution in [0.5, 0.6) is 5.75 Å². The van der Waals surface area contributed by atoms with Crippen molar-refractivity contribution in [2.24, 2.45) is 0 Å². The molecule has 1 amide bonds. The SMILES string of the molecule is COc1ccc2oc(C(=O)N3CCN(S(=O)(=O)N4CCN(C)CC4)CC3)c(C)c2c1. The number of carbonyl (C=O) groups excluding carboxylic acids is 1. The standard InChI is InChI=1S/C20H28N4O5S/c1-15-17-14-16(28-3)4-5-18(17)29-19(15)20(25)22-8-12-24(13-9-22)30(26,27)23-10-6-21(2)7-11-23/h4-5,14H,6-13H2,1-3H3. The molecule has 0 unspecified atom stereocenters. The largest absolute Gasteiger partial charge is 0.497 e. The van der Waals surface area contributed by atoms with Crippen LogP contribution in [0.25, 0.3) is 11.0 Å². The van der Waals surface area contributed by atoms with Crippen LogP contribution < -0.4 is 4.74 Å². The first-order valence-corrected chi connectivity index (χ1v) is 11.5. The Balaban J connectivity index is 1.45. The topological polar surface area (TPSA) is 86.5 Å². The summed E-state index contributed by atoms with van der Waals surface area (Å²) in [6, 6.07) is 5.44. The molecule has 0 saturated carbocycles. The predicted octanol–water partition coefficient (Wildman–Crippen LogP) is 1.000. The summed E-state index contributed by atoms with van der Waals surface area (Å²) in [5.74, 6) is 0.793. The average molecular weight is 437 g/mol. The Bertz CT molecular complexity index is 1030. The minimum absolute atomic E-state index is 0.209. The molecule has 0 aliphatic carbocycles. The van der Waals surface area contributed by atoms with Gasteiger partial charge in [-0.15, -0.1) is 0 Å². The molecule has 0 bridgehead atoms. The van der Waals surface area contributed by atoms with Crippen LogP contribution in [0.2, 0.25) is 0 Å². The first-order valence-electron chi connectivity index (χ1n) is 10.1. The molecule has 2 fully saturated rings. The van der Waals surface area contributed by atoms with Crippen LogP contribution in [0.3, 0.4) is 0 Å². The monoisotopic (exact) mass is 436 g/mol. The number of hydrogen-bond donors (Lipinski definition) is 0. The van der Waals surface area contributed by atoms with Crippen LogP contribution in [0, 0.1) is 6.92 Å². The van der Waals surface area contributed by atoms with Crippen LogP contribution in [0.15, 0.2) is 22.6 Å². The number of carbonyl (C=O) groups is 1. The van der Waals surface area contributed by atoms with Crippen molar-refractivity contribution in [1.82, 2.24) is 18.4 Å². The van der Waals surface area contributed by atoms with Crippen LogP contribution in [-0.4, -0.2) is 99.3 Å². The quantitative estimate of drug-likeness (QED) is 0.711. The van der Waals surface area contributed by atoms with E-state index in [1.54, 1.807) is 28.4 Å². The Labute approximate surface area is 176 Å². The Morgan fingerprint density at radius 2 is 1.60 bits per heavy atom. The van der Waals surface area contributed by atoms with Gasteiger partial charge in [0.1, 0.15) is 11.3 Å². The molecule has 30 heavy (non-hydrogen) atoms. The van der Waals surface area contributed by atoms with Gasteiger partial charge >= 0.3 is 0 Å². The predicted molar refractivity (Wildman–Crippen MR) is 113 cm³/mol. The third-order valence-corrected chi connectivity index (χ3v) is 8.01. The molecule has 2 saturated heterocycles. The van der Waals surface area contributed by atoms with Crippen molar-refractivity contribution < 1.29 is 22.4 Å². The second-order valence-corrected chi connectivity index (χ2v) is 9.75. The molecule has 3 heterocycles. The highest BCUT2D eigenvalue weighted by Crippen LogP contribution is 2.30. The van der Waals surface area contributed by atoms with E-state index in [9.17, 15) is 13.2 Å². The van der Waals surface area contributed by atoms with E-state index in [-0.39, 0.29) is 19.0 Å². The summed E-state index contributed by atoms with van der Waals surface area (Å²) >= 11 is 0. The van der Waals surface area contributed by atoms with Crippen LogP contribution in [0.4, 0.5) is 0 Å². The third kappa shape index (κ3) is 3.80. The van der Waals surface area contributed by atoms with Gasteiger partial charge in [0.25, 0.3) is 16.1 Å². The zero-order chi connectivity index (χ0) is 21.5. The Morgan fingerprint density at radius 1 is 1.00 bits per heavy atom. The normalized spacial score (nSPS) is 20.0. The van der Waals surface area contributed by atoms with Gasteiger partial charge in [-0.2, -0.15) is 17.0 Å². The molecule has 9 nitrogen and oxygen atoms in total. The lowest BCUT2D eigenvalue weighted by molar-refractivity contribution is 0.0662. The Kier molecular flexibility index (Phi) is 5.75. The lowest BCUT2D eigenvalue weighted by Crippen LogP contribution is -2.57. The maximum absolute atomic E-state index is 13.1. The van der Waals surface area contributed by atoms with E-state index in [4.69, 9.17) is 9.15 Å². The van der Waals surface area contributed by atoms with Crippen molar-refractivity contribution in [3.05, 3.63) is 29.5 Å². The van der Waals surface area contributed by atoms with Gasteiger partial charge in [0.05, 0.1) is 7.11 Å². The van der Waals surface area contributed by atoms with E-state index >= 15 is 0 Å². The second kappa shape index (κ2) is 8.18. The molecule has 0 spiro atoms. The maximum atomic E-state index is 13.1. The van der Waals surface area contributed by atoms with Gasteiger partial charge in [-0.05, 0) is 32.2 Å². The zero-order valence-electron chi connectivity index (χ0n) is 17.6. The number of rotatable bonds is 4. The molecular formula is C20H28N4O5S. The van der Waals surface area contributed by atoms with Crippen molar-refractivity contribution in [3.8, 4) is 5.75 Å². The van der Waals surface area contributed by atoms with E-state index < -0.39 is 10.2 Å². The van der Waals surface area contributed by atoms with Crippen LogP contribution >= 0.6 is 0 Å². The first kappa shape index (κ1) is 21.1. The number of piperazine rings is 2. The minimum Gasteiger partial charge on any atom is -0.497 e. The fraction of sp³-hybridized carbons (Fsp3) is 0.550. The molecule has 0 N–H and O–H groups in total. The smallest absolute Gasteiger partial charge is 0.289 e. The number of hydrogen-bond acceptors (Lipinski definition) is 6. The summed E-state index contributed by atoms with van der Waals surface area (Å²) in [6.45, 7) is 5.56. The fourth-order valence-corrected chi connectivity index (χ4v) is 5.55. The van der Waals surface area contributed by atoms with Crippen LogP contribution in [-0.2, 0) is 10.2 Å². The number of fused-ring (bicyclic) bond motifs is 1. The molecule has 2 aromatic rings. The number of methoxy groups -OCH3 is 1. The van der Waals surface area contributed by atoms with E-state index in [1.165, 1.54) is 4.31 Å². The molecule has 2 aliphatic rings. The van der Waals surface area contributed by atoms with Gasteiger partial charge in [0, 0.05) is 63.3 Å². The number of ether oxygens (including phenoxy) is 1. The van der Waals surface area contributed by atoms with E-state index in [1.807, 2.05) is 20.0 Å². The summed E-state index contributed by atoms with van der Waals surface area (Å²) in [7, 11) is 0.0922. The van der Waals surface area contributed by atoms with E-state index in [2.05, 4.69) is 4.90 Å². The molecule has 1 aromatic heterocycles. The van der Waals surface area contributed by atoms with Crippen molar-refractivity contribution in [1.29, 1.82) is 0 Å². The molecule has 1 aromatic carbocycles. The highest BCUT2D eigenvalue weighted by atomic mass is 32.2. The van der Waals surface area contributed by atoms with Gasteiger partial charge < -0.3 is 19.0 Å². The van der Waals surface area contributed by atoms with Gasteiger partial charge in [-0.3, -0.25) is 4.79 Å². The first-order chi connectivity index (χ1) is 14.3. The highest BCUT2D eigenvalue weighted by molar-refractivity contribution is 7.86. The minimum atomic E-state index is -3.49. The summed E-state index contributed by atoms with van der Waals surface area (Å²) < 4.78 is 40.0. The van der Waals surface area contributed by atoms with E-state index in [0.717, 1.165) is 24.0 Å². The van der Waals surface area contributed by atoms with Gasteiger partial charge in [-0.25, -0.2) is 0 Å². The average Bonchev–Trinajstić information content (AvgIpc) is 3.09. The molecule has 4 rings (SSSR count). The maximum Gasteiger partial charge on any atom is 0.289 e. The molecule has 0 atom stereocenters. The summed E-state index contributed by atoms with van der Waals surface area (Å²) in [5.41, 5.74) is 1.40. The lowest BCUT2D eigenvalue weighted by Gasteiger charge is -2.38. The number of amides is 1. The van der Waals surface area contributed by atoms with E-state index in [0.29, 0.717) is 43.3 Å². The Morgan fingerprint density at radius 3 is 2.20 bits per heavy atom. The fourth-order valence-electron chi connectivity index (χ4n) is 3.98. The summed E-state index contributed by atoms with van der Waals surface area (Å²) in [6.07, 6.45) is 0. The van der Waals surface area contributed by atoms with Crippen molar-refractivity contribution in [2.45, 2.75) is 6.92 Å². The van der Waals surface area contributed by atoms with Gasteiger partial charge in [0.15, 0.2) is 5.76 Å². The van der Waals surface area contributed by atoms with Crippen LogP contribution in [0.1, 0.15) is 16.1 Å². The third-order valence-electron chi connectivity index (χ3n) is 5.98. The van der Waals surface area contributed by atoms with Crippen molar-refractivity contribution >= 4 is 27.1 Å². The number of aryl methyl sites for hydroxylation is 1. The summed E-state index contributed by atoms with van der Waals surface area (Å²) in [5, 5.41) is 0.842. The molecule has 0 radical (unpaired) electrons. The van der Waals surface area contributed by atoms with Crippen molar-refractivity contribution in [3.63, 3.8) is 0 Å². The molecule has 10 heteroatoms. The number of nitrogens with zero attached hydrogens (tertiary/aromatic N) is 4. The van der Waals surface area contributed by atoms with Gasteiger partial charge in [-0.1, -0.05) is 0 Å².